The van der Waals surface area contributed by atoms with E-state index in [1.165, 1.54) is 110 Å². The fraction of sp³-hybridized carbons (Fsp3) is 0.522. The summed E-state index contributed by atoms with van der Waals surface area (Å²) in [4.78, 5) is 80.2. The van der Waals surface area contributed by atoms with Crippen LogP contribution in [0.1, 0.15) is 106 Å². The van der Waals surface area contributed by atoms with Gasteiger partial charge in [-0.2, -0.15) is 0 Å². The van der Waals surface area contributed by atoms with Crippen molar-refractivity contribution in [3.63, 3.8) is 0 Å². The zero-order valence-electron chi connectivity index (χ0n) is 66.4. The zero-order chi connectivity index (χ0) is 85.2. The normalized spacial score (nSPS) is 25.5. The number of rotatable bonds is 30. The average molecular weight is 1690 g/mol. The van der Waals surface area contributed by atoms with Crippen molar-refractivity contribution in [2.24, 2.45) is 17.8 Å². The number of halogens is 3. The number of aromatic nitrogens is 6. The molecule has 3 aromatic carbocycles. The lowest BCUT2D eigenvalue weighted by molar-refractivity contribution is -0.152. The first kappa shape index (κ1) is 80.0. The van der Waals surface area contributed by atoms with Gasteiger partial charge in [-0.3, -0.25) is 71.0 Å². The van der Waals surface area contributed by atoms with Crippen LogP contribution in [-0.4, -0.2) is 171 Å². The first-order valence-electron chi connectivity index (χ1n) is 36.5. The Hall–Kier alpha value is -6.03. The van der Waals surface area contributed by atoms with E-state index in [0.717, 1.165) is 0 Å². The molecule has 3 aliphatic rings. The first-order valence-corrected chi connectivity index (χ1v) is 41.3. The van der Waals surface area contributed by atoms with Crippen molar-refractivity contribution in [2.45, 2.75) is 173 Å². The Labute approximate surface area is 661 Å². The minimum Gasteiger partial charge on any atom is -0.463 e. The highest BCUT2D eigenvalue weighted by Crippen LogP contribution is 2.54. The van der Waals surface area contributed by atoms with Crippen molar-refractivity contribution >= 4 is 112 Å². The Morgan fingerprint density at radius 1 is 0.454 bits per heavy atom. The minimum absolute atomic E-state index is 0.0545. The third-order valence-corrected chi connectivity index (χ3v) is 23.4. The minimum atomic E-state index is -4.42. The molecule has 4 unspecified atom stereocenters. The Morgan fingerprint density at radius 3 is 0.889 bits per heavy atom. The fourth-order valence-corrected chi connectivity index (χ4v) is 16.9. The van der Waals surface area contributed by atoms with Crippen LogP contribution in [0, 0.1) is 52.8 Å². The van der Waals surface area contributed by atoms with Gasteiger partial charge in [0.05, 0.1) is 82.5 Å². The van der Waals surface area contributed by atoms with Crippen LogP contribution in [0.15, 0.2) is 124 Å². The van der Waals surface area contributed by atoms with Gasteiger partial charge in [-0.05, 0) is 135 Å². The third kappa shape index (κ3) is 25.0. The summed E-state index contributed by atoms with van der Waals surface area (Å²) in [6.07, 6.45) is -12.4. The van der Waals surface area contributed by atoms with Gasteiger partial charge in [0, 0.05) is 35.3 Å². The van der Waals surface area contributed by atoms with E-state index in [9.17, 15) is 57.8 Å². The number of esters is 3. The standard InChI is InChI=1S/3C23H30ClN2O8PS/c3*1-13(2)32-22(29)15(4)12-35(30,34-16-8-6-5-7-9-16)31-11-17-19(27)18(24)21(33-17)26-10-14(3)20(28)25-23(26)36/h3*5-10,13,15,17-19,21,27H,11-12H2,1-4H3,(H,25,28,36)/t15-,17+,18-,19?,21+,35?;15-,17+,18-,19?,21+,35+;15-,17+,18-,19?,21+,35-/m111/s1/i3*11D2. The van der Waals surface area contributed by atoms with E-state index in [0.29, 0.717) is 0 Å². The van der Waals surface area contributed by atoms with Crippen LogP contribution in [0.3, 0.4) is 0 Å². The number of carbonyl (C=O) groups excluding carboxylic acids is 3. The summed E-state index contributed by atoms with van der Waals surface area (Å²) < 4.78 is 163. The summed E-state index contributed by atoms with van der Waals surface area (Å²) in [6.45, 7) is 10.2. The van der Waals surface area contributed by atoms with Crippen LogP contribution in [0.25, 0.3) is 0 Å². The van der Waals surface area contributed by atoms with Crippen molar-refractivity contribution in [3.05, 3.63) is 172 Å². The second-order valence-electron chi connectivity index (χ2n) is 26.0. The number of hydrogen-bond acceptors (Lipinski definition) is 27. The maximum absolute atomic E-state index is 13.9. The highest BCUT2D eigenvalue weighted by molar-refractivity contribution is 7.71. The number of H-pyrrole nitrogens is 3. The summed E-state index contributed by atoms with van der Waals surface area (Å²) in [5.74, 6) is -4.58. The first-order chi connectivity index (χ1) is 52.9. The molecule has 3 aliphatic heterocycles. The summed E-state index contributed by atoms with van der Waals surface area (Å²) >= 11 is 34.7. The summed E-state index contributed by atoms with van der Waals surface area (Å²) in [6, 6.07) is 23.8. The smallest absolute Gasteiger partial charge is 0.380 e. The number of aliphatic hydroxyl groups excluding tert-OH is 3. The zero-order valence-corrected chi connectivity index (χ0v) is 67.8. The molecule has 3 fully saturated rings. The predicted octanol–water partition coefficient (Wildman–Crippen LogP) is 11.9. The van der Waals surface area contributed by atoms with Crippen LogP contribution in [0.2, 0.25) is 0 Å². The molecule has 6 heterocycles. The Kier molecular flexibility index (Phi) is 29.6. The topological polar surface area (TPSA) is 387 Å². The molecule has 0 radical (unpaired) electrons. The van der Waals surface area contributed by atoms with E-state index in [1.54, 1.807) is 96.1 Å². The molecule has 3 aromatic heterocycles. The molecular formula is C69H90Cl3N6O24P3S3. The van der Waals surface area contributed by atoms with Crippen molar-refractivity contribution in [1.29, 1.82) is 0 Å². The number of aryl methyl sites for hydroxylation is 3. The van der Waals surface area contributed by atoms with Gasteiger partial charge >= 0.3 is 40.7 Å². The molecule has 594 valence electrons. The van der Waals surface area contributed by atoms with E-state index < -0.39 is 203 Å². The number of hydrogen-bond donors (Lipinski definition) is 6. The van der Waals surface area contributed by atoms with E-state index >= 15 is 0 Å². The molecule has 30 nitrogen and oxygen atoms in total. The number of nitrogens with zero attached hydrogens (tertiary/aromatic N) is 3. The molecular weight excluding hydrogens is 1590 g/mol. The van der Waals surface area contributed by atoms with Gasteiger partial charge in [-0.15, -0.1) is 34.8 Å². The molecule has 0 saturated carbocycles. The summed E-state index contributed by atoms with van der Waals surface area (Å²) in [5, 5.41) is 28.7. The van der Waals surface area contributed by atoms with Gasteiger partial charge in [0.1, 0.15) is 70.0 Å². The van der Waals surface area contributed by atoms with Gasteiger partial charge in [0.2, 0.25) is 0 Å². The van der Waals surface area contributed by atoms with Crippen molar-refractivity contribution in [3.8, 4) is 17.2 Å². The van der Waals surface area contributed by atoms with Gasteiger partial charge < -0.3 is 57.3 Å². The van der Waals surface area contributed by atoms with Gasteiger partial charge in [-0.25, -0.2) is 13.7 Å². The van der Waals surface area contributed by atoms with Gasteiger partial charge in [0.25, 0.3) is 16.7 Å². The van der Waals surface area contributed by atoms with Crippen LogP contribution >= 0.6 is 94.2 Å². The van der Waals surface area contributed by atoms with Crippen LogP contribution in [0.5, 0.6) is 17.2 Å². The Morgan fingerprint density at radius 2 is 0.676 bits per heavy atom. The largest absolute Gasteiger partial charge is 0.463 e. The third-order valence-electron chi connectivity index (χ3n) is 15.5. The number of carbonyl (C=O) groups is 3. The molecule has 108 heavy (non-hydrogen) atoms. The second kappa shape index (κ2) is 39.9. The number of nitrogens with one attached hydrogen (secondary N) is 3. The van der Waals surface area contributed by atoms with Crippen LogP contribution in [-0.2, 0) is 70.1 Å². The molecule has 18 atom stereocenters. The molecule has 6 aromatic rings. The fourth-order valence-electron chi connectivity index (χ4n) is 10.1. The number of alkyl halides is 3. The van der Waals surface area contributed by atoms with E-state index in [1.807, 2.05) is 0 Å². The highest BCUT2D eigenvalue weighted by Gasteiger charge is 2.49. The number of benzene rings is 3. The van der Waals surface area contributed by atoms with E-state index in [-0.39, 0.29) is 48.3 Å². The molecule has 0 spiro atoms. The lowest BCUT2D eigenvalue weighted by atomic mass is 10.2. The molecule has 0 amide bonds. The summed E-state index contributed by atoms with van der Waals surface area (Å²) in [7, 11) is -13.2. The SMILES string of the molecule is [2H]C([2H])(OP(=O)(C[C@@H](C)C(=O)OC(C)C)Oc1ccccc1)[C@@H]1O[C@H](n2cc(C)c(=O)[nH]c2=S)[C@H](Cl)C1O.[2H]C([2H])(O[P@@](=O)(C[C@@H](C)C(=O)OC(C)C)Oc1ccccc1)[C@@H]1O[C@H](n2cc(C)c(=O)[nH]c2=S)[C@H](Cl)C1O.[2H]C([2H])(O[P@](=O)(C[C@@H](C)C(=O)OC(C)C)Oc1ccccc1)[C@@H]1O[C@H](n2cc(C)c(=O)[nH]c2=S)[C@H](Cl)C1O. The molecule has 0 bridgehead atoms. The number of ether oxygens (including phenoxy) is 6. The number of para-hydroxylation sites is 3. The molecule has 9 rings (SSSR count). The molecule has 6 N–H and O–H groups in total. The molecule has 3 saturated heterocycles. The van der Waals surface area contributed by atoms with Crippen LogP contribution in [0.4, 0.5) is 0 Å². The van der Waals surface area contributed by atoms with Crippen LogP contribution < -0.4 is 30.2 Å². The molecule has 39 heteroatoms. The average Bonchev–Trinajstić information content (AvgIpc) is 1.69. The predicted molar refractivity (Wildman–Crippen MR) is 408 cm³/mol. The monoisotopic (exact) mass is 1690 g/mol. The number of aromatic amines is 3. The lowest BCUT2D eigenvalue weighted by Crippen LogP contribution is -2.31. The highest BCUT2D eigenvalue weighted by atomic mass is 35.5. The lowest BCUT2D eigenvalue weighted by Gasteiger charge is -2.24. The van der Waals surface area contributed by atoms with E-state index in [2.05, 4.69) is 15.0 Å². The second-order valence-corrected chi connectivity index (χ2v) is 34.5. The quantitative estimate of drug-likeness (QED) is 0.00802. The van der Waals surface area contributed by atoms with Gasteiger partial charge in [0.15, 0.2) is 33.0 Å². The number of aliphatic hydroxyl groups is 3. The maximum Gasteiger partial charge on any atom is 0.380 e. The Balaban J connectivity index is 0.000000237. The Bertz CT molecular complexity index is 4400. The molecule has 0 aliphatic carbocycles. The van der Waals surface area contributed by atoms with Gasteiger partial charge in [-0.1, -0.05) is 75.4 Å². The maximum atomic E-state index is 13.9. The van der Waals surface area contributed by atoms with Crippen molar-refractivity contribution in [2.75, 3.05) is 38.2 Å². The van der Waals surface area contributed by atoms with E-state index in [4.69, 9.17) is 135 Å². The van der Waals surface area contributed by atoms with Crippen molar-refractivity contribution in [1.82, 2.24) is 28.7 Å². The van der Waals surface area contributed by atoms with Crippen molar-refractivity contribution < 1.29 is 107 Å². The summed E-state index contributed by atoms with van der Waals surface area (Å²) in [5.41, 5.74) is -0.412.